The molecule has 2 heterocycles. The van der Waals surface area contributed by atoms with Gasteiger partial charge in [0.25, 0.3) is 0 Å². The molecule has 0 bridgehead atoms. The molecule has 1 aromatic heterocycles. The number of nitrogens with zero attached hydrogens (tertiary/aromatic N) is 3. The van der Waals surface area contributed by atoms with E-state index in [0.717, 1.165) is 22.6 Å². The Morgan fingerprint density at radius 3 is 2.73 bits per heavy atom. The maximum atomic E-state index is 12.1. The van der Waals surface area contributed by atoms with Crippen LogP contribution in [0.2, 0.25) is 0 Å². The zero-order valence-electron chi connectivity index (χ0n) is 17.7. The quantitative estimate of drug-likeness (QED) is 0.592. The maximum absolute atomic E-state index is 12.1. The van der Waals surface area contributed by atoms with Crippen LogP contribution in [-0.2, 0) is 34.1 Å². The van der Waals surface area contributed by atoms with Gasteiger partial charge in [0.2, 0.25) is 0 Å². The minimum atomic E-state index is -3.04. The average Bonchev–Trinajstić information content (AvgIpc) is 3.15. The number of carbonyl (C=O) groups excluding carboxylic acids is 1. The van der Waals surface area contributed by atoms with Crippen LogP contribution in [0.15, 0.2) is 30.6 Å². The number of hydrogen-bond donors (Lipinski definition) is 0. The van der Waals surface area contributed by atoms with E-state index in [-0.39, 0.29) is 17.6 Å². The van der Waals surface area contributed by atoms with E-state index >= 15 is 0 Å². The molecule has 30 heavy (non-hydrogen) atoms. The molecule has 1 atom stereocenters. The smallest absolute Gasteiger partial charge is 0.149 e. The number of aromatic nitrogens is 2. The van der Waals surface area contributed by atoms with Crippen LogP contribution in [0.5, 0.6) is 11.5 Å². The molecule has 0 spiro atoms. The fourth-order valence-electron chi connectivity index (χ4n) is 3.72. The van der Waals surface area contributed by atoms with Crippen molar-refractivity contribution in [3.8, 4) is 11.5 Å². The number of hydrogen-bond acceptors (Lipinski definition) is 7. The highest BCUT2D eigenvalue weighted by Gasteiger charge is 2.28. The highest BCUT2D eigenvalue weighted by molar-refractivity contribution is 7.90. The Hall–Kier alpha value is -2.39. The average molecular weight is 436 g/mol. The first kappa shape index (κ1) is 22.3. The number of sulfone groups is 1. The Labute approximate surface area is 177 Å². The van der Waals surface area contributed by atoms with Crippen LogP contribution >= 0.6 is 0 Å². The van der Waals surface area contributed by atoms with Gasteiger partial charge in [-0.05, 0) is 18.1 Å². The number of Topliss-reactive ketones (excluding diaryl/α,β-unsaturated/α-hetero) is 1. The van der Waals surface area contributed by atoms with E-state index in [9.17, 15) is 13.2 Å². The number of piperidine rings is 1. The number of ketones is 1. The first-order chi connectivity index (χ1) is 14.3. The summed E-state index contributed by atoms with van der Waals surface area (Å²) < 4.78 is 35.2. The summed E-state index contributed by atoms with van der Waals surface area (Å²) in [7, 11) is 0.224. The van der Waals surface area contributed by atoms with Crippen LogP contribution in [0, 0.1) is 0 Å². The Morgan fingerprint density at radius 2 is 2.03 bits per heavy atom. The molecular formula is C21H29N3O5S. The predicted molar refractivity (Wildman–Crippen MR) is 114 cm³/mol. The summed E-state index contributed by atoms with van der Waals surface area (Å²) in [6.07, 6.45) is 6.57. The van der Waals surface area contributed by atoms with Crippen molar-refractivity contribution in [1.29, 1.82) is 0 Å². The van der Waals surface area contributed by atoms with Crippen LogP contribution in [0.1, 0.15) is 24.0 Å². The van der Waals surface area contributed by atoms with E-state index in [1.54, 1.807) is 25.1 Å². The third kappa shape index (κ3) is 6.06. The molecule has 1 aliphatic heterocycles. The van der Waals surface area contributed by atoms with Crippen molar-refractivity contribution in [2.24, 2.45) is 0 Å². The highest BCUT2D eigenvalue weighted by atomic mass is 32.2. The highest BCUT2D eigenvalue weighted by Crippen LogP contribution is 2.28. The lowest BCUT2D eigenvalue weighted by Gasteiger charge is -2.35. The fraction of sp³-hybridized carbons (Fsp3) is 0.524. The molecule has 0 amide bonds. The second-order valence-corrected chi connectivity index (χ2v) is 10.0. The normalized spacial score (nSPS) is 17.8. The lowest BCUT2D eigenvalue weighted by atomic mass is 9.95. The van der Waals surface area contributed by atoms with Gasteiger partial charge in [0.1, 0.15) is 27.1 Å². The Morgan fingerprint density at radius 1 is 1.23 bits per heavy atom. The van der Waals surface area contributed by atoms with Gasteiger partial charge in [0.15, 0.2) is 0 Å². The van der Waals surface area contributed by atoms with E-state index in [1.165, 1.54) is 6.26 Å². The minimum absolute atomic E-state index is 0.0550. The molecule has 9 heteroatoms. The molecule has 0 saturated carbocycles. The molecule has 164 valence electrons. The third-order valence-electron chi connectivity index (χ3n) is 5.37. The number of ether oxygens (including phenoxy) is 2. The van der Waals surface area contributed by atoms with Crippen LogP contribution in [-0.4, -0.2) is 67.7 Å². The van der Waals surface area contributed by atoms with Gasteiger partial charge in [-0.3, -0.25) is 14.4 Å². The van der Waals surface area contributed by atoms with Gasteiger partial charge in [0.05, 0.1) is 32.7 Å². The van der Waals surface area contributed by atoms with Crippen LogP contribution in [0.3, 0.4) is 0 Å². The maximum Gasteiger partial charge on any atom is 0.149 e. The predicted octanol–water partition coefficient (Wildman–Crippen LogP) is 1.72. The van der Waals surface area contributed by atoms with Crippen molar-refractivity contribution < 1.29 is 22.7 Å². The van der Waals surface area contributed by atoms with E-state index in [0.29, 0.717) is 38.9 Å². The molecule has 0 radical (unpaired) electrons. The minimum Gasteiger partial charge on any atom is -0.497 e. The SMILES string of the molecule is COc1ccc(CN2CCC(=O)CC2Cc2cnn(CCS(C)(=O)=O)c2)c(OC)c1. The van der Waals surface area contributed by atoms with E-state index in [2.05, 4.69) is 10.00 Å². The summed E-state index contributed by atoms with van der Waals surface area (Å²) in [4.78, 5) is 14.4. The molecule has 8 nitrogen and oxygen atoms in total. The summed E-state index contributed by atoms with van der Waals surface area (Å²) in [5.74, 6) is 1.82. The number of aryl methyl sites for hydroxylation is 1. The molecule has 1 aliphatic rings. The zero-order chi connectivity index (χ0) is 21.7. The van der Waals surface area contributed by atoms with Crippen molar-refractivity contribution in [3.05, 3.63) is 41.7 Å². The van der Waals surface area contributed by atoms with Crippen LogP contribution in [0.4, 0.5) is 0 Å². The number of benzene rings is 1. The Balaban J connectivity index is 1.71. The van der Waals surface area contributed by atoms with Gasteiger partial charge in [-0.1, -0.05) is 6.07 Å². The first-order valence-electron chi connectivity index (χ1n) is 9.93. The van der Waals surface area contributed by atoms with Gasteiger partial charge in [-0.15, -0.1) is 0 Å². The van der Waals surface area contributed by atoms with E-state index < -0.39 is 9.84 Å². The number of likely N-dealkylation sites (tertiary alicyclic amines) is 1. The molecule has 1 fully saturated rings. The number of rotatable bonds is 9. The van der Waals surface area contributed by atoms with Crippen molar-refractivity contribution in [1.82, 2.24) is 14.7 Å². The standard InChI is InChI=1S/C21H29N3O5S/c1-28-20-5-4-17(21(12-20)29-2)15-23-7-6-19(25)11-18(23)10-16-13-22-24(14-16)8-9-30(3,26)27/h4-5,12-14,18H,6-11,15H2,1-3H3. The third-order valence-corrected chi connectivity index (χ3v) is 6.30. The molecule has 1 saturated heterocycles. The Bertz CT molecular complexity index is 986. The zero-order valence-corrected chi connectivity index (χ0v) is 18.5. The van der Waals surface area contributed by atoms with E-state index in [4.69, 9.17) is 9.47 Å². The van der Waals surface area contributed by atoms with Crippen molar-refractivity contribution >= 4 is 15.6 Å². The lowest BCUT2D eigenvalue weighted by Crippen LogP contribution is -2.43. The molecule has 1 unspecified atom stereocenters. The van der Waals surface area contributed by atoms with Gasteiger partial charge in [-0.2, -0.15) is 5.10 Å². The van der Waals surface area contributed by atoms with Gasteiger partial charge in [0, 0.05) is 56.1 Å². The molecular weight excluding hydrogens is 406 g/mol. The molecule has 3 rings (SSSR count). The number of methoxy groups -OCH3 is 2. The van der Waals surface area contributed by atoms with Gasteiger partial charge in [-0.25, -0.2) is 8.42 Å². The summed E-state index contributed by atoms with van der Waals surface area (Å²) >= 11 is 0. The summed E-state index contributed by atoms with van der Waals surface area (Å²) in [6, 6.07) is 5.83. The van der Waals surface area contributed by atoms with E-state index in [1.807, 2.05) is 24.4 Å². The largest absolute Gasteiger partial charge is 0.497 e. The lowest BCUT2D eigenvalue weighted by molar-refractivity contribution is -0.123. The Kier molecular flexibility index (Phi) is 7.14. The van der Waals surface area contributed by atoms with Crippen molar-refractivity contribution in [2.75, 3.05) is 32.8 Å². The van der Waals surface area contributed by atoms with Crippen molar-refractivity contribution in [3.63, 3.8) is 0 Å². The van der Waals surface area contributed by atoms with Crippen LogP contribution < -0.4 is 9.47 Å². The number of carbonyl (C=O) groups is 1. The second kappa shape index (κ2) is 9.61. The summed E-state index contributed by atoms with van der Waals surface area (Å²) in [5.41, 5.74) is 2.04. The fourth-order valence-corrected chi connectivity index (χ4v) is 4.24. The topological polar surface area (TPSA) is 90.7 Å². The van der Waals surface area contributed by atoms with Gasteiger partial charge >= 0.3 is 0 Å². The molecule has 0 aliphatic carbocycles. The second-order valence-electron chi connectivity index (χ2n) is 7.74. The molecule has 0 N–H and O–H groups in total. The first-order valence-corrected chi connectivity index (χ1v) is 12.0. The summed E-state index contributed by atoms with van der Waals surface area (Å²) in [5, 5.41) is 4.27. The van der Waals surface area contributed by atoms with Crippen molar-refractivity contribution in [2.45, 2.75) is 38.4 Å². The molecule has 2 aromatic rings. The monoisotopic (exact) mass is 435 g/mol. The van der Waals surface area contributed by atoms with Crippen LogP contribution in [0.25, 0.3) is 0 Å². The van der Waals surface area contributed by atoms with Gasteiger partial charge < -0.3 is 9.47 Å². The summed E-state index contributed by atoms with van der Waals surface area (Å²) in [6.45, 7) is 1.70. The molecule has 1 aromatic carbocycles.